The van der Waals surface area contributed by atoms with Crippen LogP contribution in [0, 0.1) is 5.82 Å². The van der Waals surface area contributed by atoms with Gasteiger partial charge < -0.3 is 19.6 Å². The van der Waals surface area contributed by atoms with Crippen LogP contribution in [-0.4, -0.2) is 53.1 Å². The molecular formula is C25H23FN6O5S. The first-order valence-electron chi connectivity index (χ1n) is 11.5. The van der Waals surface area contributed by atoms with Crippen LogP contribution in [0.2, 0.25) is 0 Å². The molecule has 0 aliphatic heterocycles. The van der Waals surface area contributed by atoms with E-state index in [1.54, 1.807) is 35.0 Å². The summed E-state index contributed by atoms with van der Waals surface area (Å²) in [6.45, 7) is 0.609. The fourth-order valence-electron chi connectivity index (χ4n) is 3.80. The Morgan fingerprint density at radius 2 is 1.92 bits per heavy atom. The smallest absolute Gasteiger partial charge is 0.306 e. The molecule has 196 valence electrons. The maximum absolute atomic E-state index is 13.6. The standard InChI is InChI=1S/C25H23FN6O5S/c1-36-17-4-6-18(7-5-17)38(34,35)29-11-2-10-27-24-28-12-9-20(30-24)23-22(31-25-32(23)13-14-37-25)16-3-8-19(26)21(33)15-16/h3-9,12-15,29,33H,2,10-11H2,1H3,(H,27,28,30). The van der Waals surface area contributed by atoms with E-state index in [0.29, 0.717) is 53.2 Å². The van der Waals surface area contributed by atoms with Gasteiger partial charge in [0, 0.05) is 31.0 Å². The van der Waals surface area contributed by atoms with Crippen molar-refractivity contribution in [2.24, 2.45) is 0 Å². The molecule has 2 aromatic carbocycles. The average Bonchev–Trinajstić information content (AvgIpc) is 3.52. The minimum absolute atomic E-state index is 0.152. The molecule has 0 bridgehead atoms. The van der Waals surface area contributed by atoms with Gasteiger partial charge in [0.2, 0.25) is 16.0 Å². The second kappa shape index (κ2) is 10.5. The Morgan fingerprint density at radius 3 is 2.68 bits per heavy atom. The summed E-state index contributed by atoms with van der Waals surface area (Å²) < 4.78 is 53.3. The van der Waals surface area contributed by atoms with E-state index >= 15 is 0 Å². The van der Waals surface area contributed by atoms with Crippen LogP contribution in [-0.2, 0) is 10.0 Å². The van der Waals surface area contributed by atoms with Gasteiger partial charge in [0.1, 0.15) is 23.4 Å². The zero-order chi connectivity index (χ0) is 26.7. The largest absolute Gasteiger partial charge is 0.505 e. The number of nitrogens with one attached hydrogen (secondary N) is 2. The second-order valence-corrected chi connectivity index (χ2v) is 9.92. The van der Waals surface area contributed by atoms with E-state index in [9.17, 15) is 17.9 Å². The van der Waals surface area contributed by atoms with Crippen LogP contribution in [0.15, 0.2) is 76.5 Å². The SMILES string of the molecule is COc1ccc(S(=O)(=O)NCCCNc2nccc(-c3c(-c4ccc(F)c(O)c4)nc4occn34)n2)cc1. The van der Waals surface area contributed by atoms with E-state index in [2.05, 4.69) is 25.0 Å². The lowest BCUT2D eigenvalue weighted by molar-refractivity contribution is 0.414. The number of ether oxygens (including phenoxy) is 1. The van der Waals surface area contributed by atoms with E-state index in [-0.39, 0.29) is 11.4 Å². The number of aromatic nitrogens is 4. The second-order valence-electron chi connectivity index (χ2n) is 8.15. The highest BCUT2D eigenvalue weighted by Crippen LogP contribution is 2.34. The number of hydrogen-bond acceptors (Lipinski definition) is 9. The zero-order valence-corrected chi connectivity index (χ0v) is 20.9. The van der Waals surface area contributed by atoms with Gasteiger partial charge in [-0.25, -0.2) is 27.5 Å². The summed E-state index contributed by atoms with van der Waals surface area (Å²) in [5.41, 5.74) is 2.00. The summed E-state index contributed by atoms with van der Waals surface area (Å²) in [5, 5.41) is 12.9. The molecule has 0 saturated heterocycles. The quantitative estimate of drug-likeness (QED) is 0.227. The van der Waals surface area contributed by atoms with Gasteiger partial charge in [-0.15, -0.1) is 0 Å². The first-order valence-corrected chi connectivity index (χ1v) is 13.0. The molecule has 0 unspecified atom stereocenters. The highest BCUT2D eigenvalue weighted by atomic mass is 32.2. The van der Waals surface area contributed by atoms with Crippen LogP contribution >= 0.6 is 0 Å². The summed E-state index contributed by atoms with van der Waals surface area (Å²) in [7, 11) is -2.13. The number of imidazole rings is 1. The zero-order valence-electron chi connectivity index (χ0n) is 20.1. The highest BCUT2D eigenvalue weighted by Gasteiger charge is 2.20. The molecule has 0 aliphatic rings. The monoisotopic (exact) mass is 538 g/mol. The molecule has 0 aliphatic carbocycles. The molecule has 3 heterocycles. The molecule has 0 fully saturated rings. The lowest BCUT2D eigenvalue weighted by Crippen LogP contribution is -2.26. The van der Waals surface area contributed by atoms with Gasteiger partial charge in [0.25, 0.3) is 0 Å². The Bertz CT molecular complexity index is 1680. The van der Waals surface area contributed by atoms with Gasteiger partial charge in [0.05, 0.1) is 17.7 Å². The Hall–Kier alpha value is -4.49. The van der Waals surface area contributed by atoms with Crippen molar-refractivity contribution in [1.29, 1.82) is 0 Å². The molecule has 3 aromatic heterocycles. The lowest BCUT2D eigenvalue weighted by Gasteiger charge is -2.09. The number of oxazole rings is 1. The van der Waals surface area contributed by atoms with Crippen molar-refractivity contribution < 1.29 is 27.1 Å². The van der Waals surface area contributed by atoms with Gasteiger partial charge in [-0.1, -0.05) is 0 Å². The van der Waals surface area contributed by atoms with Crippen molar-refractivity contribution >= 4 is 21.8 Å². The normalized spacial score (nSPS) is 11.6. The number of aromatic hydroxyl groups is 1. The number of halogens is 1. The molecule has 0 amide bonds. The maximum atomic E-state index is 13.6. The van der Waals surface area contributed by atoms with Crippen molar-refractivity contribution in [3.05, 3.63) is 73.0 Å². The minimum atomic E-state index is -3.64. The summed E-state index contributed by atoms with van der Waals surface area (Å²) in [6, 6.07) is 11.8. The van der Waals surface area contributed by atoms with Gasteiger partial charge in [-0.2, -0.15) is 4.98 Å². The third-order valence-electron chi connectivity index (χ3n) is 5.68. The van der Waals surface area contributed by atoms with Crippen LogP contribution < -0.4 is 14.8 Å². The number of hydrogen-bond donors (Lipinski definition) is 3. The predicted octanol–water partition coefficient (Wildman–Crippen LogP) is 3.69. The molecule has 0 saturated carbocycles. The first kappa shape index (κ1) is 25.2. The van der Waals surface area contributed by atoms with Crippen molar-refractivity contribution in [2.45, 2.75) is 11.3 Å². The topological polar surface area (TPSA) is 144 Å². The van der Waals surface area contributed by atoms with Crippen molar-refractivity contribution in [3.63, 3.8) is 0 Å². The highest BCUT2D eigenvalue weighted by molar-refractivity contribution is 7.89. The van der Waals surface area contributed by atoms with Gasteiger partial charge in [-0.3, -0.25) is 4.40 Å². The number of methoxy groups -OCH3 is 1. The van der Waals surface area contributed by atoms with E-state index in [0.717, 1.165) is 6.07 Å². The number of benzene rings is 2. The molecule has 13 heteroatoms. The Morgan fingerprint density at radius 1 is 1.11 bits per heavy atom. The lowest BCUT2D eigenvalue weighted by atomic mass is 10.1. The number of nitrogens with zero attached hydrogens (tertiary/aromatic N) is 4. The van der Waals surface area contributed by atoms with Crippen LogP contribution in [0.5, 0.6) is 11.5 Å². The maximum Gasteiger partial charge on any atom is 0.306 e. The van der Waals surface area contributed by atoms with Gasteiger partial charge in [-0.05, 0) is 55.0 Å². The molecule has 38 heavy (non-hydrogen) atoms. The molecular weight excluding hydrogens is 515 g/mol. The van der Waals surface area contributed by atoms with Crippen LogP contribution in [0.3, 0.4) is 0 Å². The number of sulfonamides is 1. The van der Waals surface area contributed by atoms with E-state index in [1.807, 2.05) is 0 Å². The first-order chi connectivity index (χ1) is 18.4. The number of rotatable bonds is 10. The van der Waals surface area contributed by atoms with E-state index < -0.39 is 21.6 Å². The fraction of sp³-hybridized carbons (Fsp3) is 0.160. The molecule has 0 atom stereocenters. The van der Waals surface area contributed by atoms with Crippen LogP contribution in [0.25, 0.3) is 28.5 Å². The Kier molecular flexibility index (Phi) is 6.94. The molecule has 5 aromatic rings. The number of fused-ring (bicyclic) bond motifs is 1. The number of anilines is 1. The van der Waals surface area contributed by atoms with Crippen LogP contribution in [0.4, 0.5) is 10.3 Å². The molecule has 0 radical (unpaired) electrons. The van der Waals surface area contributed by atoms with Gasteiger partial charge >= 0.3 is 5.84 Å². The molecule has 11 nitrogen and oxygen atoms in total. The van der Waals surface area contributed by atoms with E-state index in [1.165, 1.54) is 37.6 Å². The van der Waals surface area contributed by atoms with Crippen molar-refractivity contribution in [3.8, 4) is 34.1 Å². The summed E-state index contributed by atoms with van der Waals surface area (Å²) in [4.78, 5) is 13.4. The summed E-state index contributed by atoms with van der Waals surface area (Å²) >= 11 is 0. The molecule has 5 rings (SSSR count). The number of phenolic OH excluding ortho intramolecular Hbond substituents is 1. The van der Waals surface area contributed by atoms with E-state index in [4.69, 9.17) is 9.15 Å². The number of phenols is 1. The third kappa shape index (κ3) is 5.14. The molecule has 3 N–H and O–H groups in total. The summed E-state index contributed by atoms with van der Waals surface area (Å²) in [5.74, 6) is -0.0329. The predicted molar refractivity (Wildman–Crippen MR) is 137 cm³/mol. The Labute approximate surface area is 217 Å². The average molecular weight is 539 g/mol. The Balaban J connectivity index is 1.27. The van der Waals surface area contributed by atoms with Crippen molar-refractivity contribution in [2.75, 3.05) is 25.5 Å². The molecule has 0 spiro atoms. The van der Waals surface area contributed by atoms with Crippen LogP contribution in [0.1, 0.15) is 6.42 Å². The minimum Gasteiger partial charge on any atom is -0.505 e. The fourth-order valence-corrected chi connectivity index (χ4v) is 4.87. The summed E-state index contributed by atoms with van der Waals surface area (Å²) in [6.07, 6.45) is 5.20. The van der Waals surface area contributed by atoms with Crippen molar-refractivity contribution in [1.82, 2.24) is 24.1 Å². The van der Waals surface area contributed by atoms with Gasteiger partial charge in [0.15, 0.2) is 11.6 Å². The third-order valence-corrected chi connectivity index (χ3v) is 7.16.